The second-order valence-electron chi connectivity index (χ2n) is 10.9. The molecule has 6 rings (SSSR count). The van der Waals surface area contributed by atoms with E-state index < -0.39 is 39.7 Å². The molecule has 1 fully saturated rings. The molecule has 4 aromatic rings. The van der Waals surface area contributed by atoms with Gasteiger partial charge < -0.3 is 10.2 Å². The Bertz CT molecular complexity index is 1870. The predicted molar refractivity (Wildman–Crippen MR) is 170 cm³/mol. The minimum atomic E-state index is -0.871. The minimum absolute atomic E-state index is 0.159. The summed E-state index contributed by atoms with van der Waals surface area (Å²) in [5, 5.41) is 13.6. The van der Waals surface area contributed by atoms with Gasteiger partial charge in [-0.3, -0.25) is 33.9 Å². The Hall–Kier alpha value is -4.75. The molecule has 1 N–H and O–H groups in total. The summed E-state index contributed by atoms with van der Waals surface area (Å²) >= 11 is 2.09. The van der Waals surface area contributed by atoms with Crippen molar-refractivity contribution in [3.8, 4) is 0 Å². The third-order valence-electron chi connectivity index (χ3n) is 7.74. The zero-order valence-electron chi connectivity index (χ0n) is 23.9. The number of fused-ring (bicyclic) bond motifs is 2. The van der Waals surface area contributed by atoms with Gasteiger partial charge in [0.1, 0.15) is 11.8 Å². The van der Waals surface area contributed by atoms with E-state index in [4.69, 9.17) is 0 Å². The number of imide groups is 1. The second kappa shape index (κ2) is 11.4. The standard InChI is InChI=1S/C31H27N5O6S2/c1-17-5-4-6-19(15-17)32-23(37)16-34-30-27(44-31(34)40)24(18-7-9-20(10-8-18)33(2)3)25-26(43-30)29(39)35(28(25)38)21-11-13-22(14-12-21)36(41)42/h4-15,24-26H,16H2,1-3H3,(H,32,37)/t24-,25?,26?/m1/s1. The van der Waals surface area contributed by atoms with Gasteiger partial charge >= 0.3 is 4.87 Å². The highest BCUT2D eigenvalue weighted by Crippen LogP contribution is 2.54. The minimum Gasteiger partial charge on any atom is -0.378 e. The normalized spacial score (nSPS) is 19.0. The first-order valence-corrected chi connectivity index (χ1v) is 15.4. The maximum Gasteiger partial charge on any atom is 0.308 e. The Kier molecular flexibility index (Phi) is 7.59. The summed E-state index contributed by atoms with van der Waals surface area (Å²) < 4.78 is 1.37. The largest absolute Gasteiger partial charge is 0.378 e. The van der Waals surface area contributed by atoms with E-state index in [0.29, 0.717) is 15.6 Å². The molecule has 11 nitrogen and oxygen atoms in total. The highest BCUT2D eigenvalue weighted by atomic mass is 32.2. The molecule has 44 heavy (non-hydrogen) atoms. The van der Waals surface area contributed by atoms with Crippen LogP contribution in [0.5, 0.6) is 0 Å². The summed E-state index contributed by atoms with van der Waals surface area (Å²) in [6.45, 7) is 1.65. The van der Waals surface area contributed by atoms with E-state index in [1.54, 1.807) is 6.07 Å². The van der Waals surface area contributed by atoms with E-state index in [-0.39, 0.29) is 22.8 Å². The van der Waals surface area contributed by atoms with Crippen LogP contribution in [0.4, 0.5) is 22.7 Å². The Morgan fingerprint density at radius 1 is 1.00 bits per heavy atom. The van der Waals surface area contributed by atoms with Crippen LogP contribution in [-0.4, -0.2) is 46.6 Å². The van der Waals surface area contributed by atoms with Gasteiger partial charge in [-0.2, -0.15) is 0 Å². The van der Waals surface area contributed by atoms with Crippen LogP contribution in [0.25, 0.3) is 0 Å². The molecule has 0 aliphatic carbocycles. The lowest BCUT2D eigenvalue weighted by Crippen LogP contribution is -2.33. The van der Waals surface area contributed by atoms with Crippen molar-refractivity contribution in [3.05, 3.63) is 109 Å². The second-order valence-corrected chi connectivity index (χ2v) is 13.0. The van der Waals surface area contributed by atoms with E-state index in [1.807, 2.05) is 68.4 Å². The third kappa shape index (κ3) is 5.18. The summed E-state index contributed by atoms with van der Waals surface area (Å²) in [7, 11) is 3.82. The maximum absolute atomic E-state index is 14.0. The molecule has 2 unspecified atom stereocenters. The van der Waals surface area contributed by atoms with Crippen molar-refractivity contribution in [2.45, 2.75) is 29.7 Å². The zero-order chi connectivity index (χ0) is 31.3. The number of benzene rings is 3. The number of nitrogens with zero attached hydrogens (tertiary/aromatic N) is 4. The van der Waals surface area contributed by atoms with Crippen LogP contribution < -0.4 is 20.0 Å². The van der Waals surface area contributed by atoms with Gasteiger partial charge in [-0.25, -0.2) is 4.90 Å². The van der Waals surface area contributed by atoms with Crippen LogP contribution in [0.2, 0.25) is 0 Å². The highest BCUT2D eigenvalue weighted by molar-refractivity contribution is 8.00. The van der Waals surface area contributed by atoms with E-state index in [1.165, 1.54) is 28.8 Å². The van der Waals surface area contributed by atoms with Crippen LogP contribution >= 0.6 is 23.1 Å². The molecule has 3 amide bonds. The Labute approximate surface area is 260 Å². The number of rotatable bonds is 7. The summed E-state index contributed by atoms with van der Waals surface area (Å²) in [5.74, 6) is -2.76. The van der Waals surface area contributed by atoms with Gasteiger partial charge in [-0.1, -0.05) is 47.4 Å². The number of hydrogen-bond donors (Lipinski definition) is 1. The Morgan fingerprint density at radius 3 is 2.34 bits per heavy atom. The molecule has 2 aliphatic heterocycles. The molecule has 13 heteroatoms. The predicted octanol–water partition coefficient (Wildman–Crippen LogP) is 4.63. The number of aromatic nitrogens is 1. The van der Waals surface area contributed by atoms with Gasteiger partial charge in [0.15, 0.2) is 0 Å². The number of nitrogens with one attached hydrogen (secondary N) is 1. The summed E-state index contributed by atoms with van der Waals surface area (Å²) in [6, 6.07) is 20.2. The highest BCUT2D eigenvalue weighted by Gasteiger charge is 2.56. The summed E-state index contributed by atoms with van der Waals surface area (Å²) in [5.41, 5.74) is 3.36. The molecule has 0 radical (unpaired) electrons. The number of carbonyl (C=O) groups excluding carboxylic acids is 3. The lowest BCUT2D eigenvalue weighted by molar-refractivity contribution is -0.384. The monoisotopic (exact) mass is 629 g/mol. The SMILES string of the molecule is Cc1cccc(NC(=O)Cn2c3c(sc2=O)[C@H](c2ccc(N(C)C)cc2)C2C(=O)N(c4ccc([N+](=O)[O-])cc4)C(=O)C2S3)c1. The number of thiazole rings is 1. The molecule has 0 spiro atoms. The molecule has 3 atom stereocenters. The van der Waals surface area contributed by atoms with Crippen molar-refractivity contribution in [1.29, 1.82) is 0 Å². The van der Waals surface area contributed by atoms with Crippen LogP contribution in [-0.2, 0) is 20.9 Å². The van der Waals surface area contributed by atoms with E-state index in [0.717, 1.165) is 44.8 Å². The van der Waals surface area contributed by atoms with E-state index in [9.17, 15) is 29.3 Å². The van der Waals surface area contributed by atoms with Crippen molar-refractivity contribution in [2.75, 3.05) is 29.2 Å². The van der Waals surface area contributed by atoms with Crippen LogP contribution in [0.15, 0.2) is 82.6 Å². The van der Waals surface area contributed by atoms with Crippen molar-refractivity contribution >= 4 is 63.6 Å². The van der Waals surface area contributed by atoms with Crippen LogP contribution in [0, 0.1) is 23.0 Å². The molecule has 224 valence electrons. The van der Waals surface area contributed by atoms with Gasteiger partial charge in [0.2, 0.25) is 17.7 Å². The number of nitro groups is 1. The van der Waals surface area contributed by atoms with Crippen molar-refractivity contribution in [2.24, 2.45) is 5.92 Å². The van der Waals surface area contributed by atoms with E-state index >= 15 is 0 Å². The number of anilines is 3. The first-order chi connectivity index (χ1) is 21.0. The third-order valence-corrected chi connectivity index (χ3v) is 10.3. The fraction of sp³-hybridized carbons (Fsp3) is 0.226. The quantitative estimate of drug-likeness (QED) is 0.178. The fourth-order valence-corrected chi connectivity index (χ4v) is 8.41. The van der Waals surface area contributed by atoms with E-state index in [2.05, 4.69) is 5.32 Å². The fourth-order valence-electron chi connectivity index (χ4n) is 5.64. The number of non-ortho nitro benzene ring substituents is 1. The van der Waals surface area contributed by atoms with Crippen LogP contribution in [0.3, 0.4) is 0 Å². The average Bonchev–Trinajstić information content (AvgIpc) is 3.43. The first kappa shape index (κ1) is 29.3. The lowest BCUT2D eigenvalue weighted by Gasteiger charge is -2.31. The molecule has 0 saturated carbocycles. The van der Waals surface area contributed by atoms with Crippen molar-refractivity contribution in [1.82, 2.24) is 4.57 Å². The molecule has 3 aromatic carbocycles. The smallest absolute Gasteiger partial charge is 0.308 e. The molecule has 0 bridgehead atoms. The molecular weight excluding hydrogens is 603 g/mol. The number of thioether (sulfide) groups is 1. The lowest BCUT2D eigenvalue weighted by atomic mass is 9.83. The Balaban J connectivity index is 1.40. The van der Waals surface area contributed by atoms with Gasteiger partial charge in [-0.05, 0) is 54.4 Å². The summed E-state index contributed by atoms with van der Waals surface area (Å²) in [6.07, 6.45) is 0. The number of amides is 3. The molecule has 2 aliphatic rings. The molecule has 3 heterocycles. The maximum atomic E-state index is 14.0. The number of hydrogen-bond acceptors (Lipinski definition) is 9. The molecule has 1 aromatic heterocycles. The van der Waals surface area contributed by atoms with Gasteiger partial charge in [-0.15, -0.1) is 0 Å². The number of nitro benzene ring substituents is 1. The molecular formula is C31H27N5O6S2. The van der Waals surface area contributed by atoms with Gasteiger partial charge in [0.25, 0.3) is 5.69 Å². The zero-order valence-corrected chi connectivity index (χ0v) is 25.6. The van der Waals surface area contributed by atoms with Gasteiger partial charge in [0.05, 0.1) is 21.6 Å². The van der Waals surface area contributed by atoms with Gasteiger partial charge in [0, 0.05) is 48.4 Å². The number of carbonyl (C=O) groups is 3. The topological polar surface area (TPSA) is 135 Å². The first-order valence-electron chi connectivity index (χ1n) is 13.7. The molecule has 1 saturated heterocycles. The van der Waals surface area contributed by atoms with Crippen molar-refractivity contribution < 1.29 is 19.3 Å². The number of aryl methyl sites for hydroxylation is 1. The Morgan fingerprint density at radius 2 is 1.70 bits per heavy atom. The van der Waals surface area contributed by atoms with Crippen molar-refractivity contribution in [3.63, 3.8) is 0 Å². The van der Waals surface area contributed by atoms with Crippen LogP contribution in [0.1, 0.15) is 21.9 Å². The average molecular weight is 630 g/mol. The summed E-state index contributed by atoms with van der Waals surface area (Å²) in [4.78, 5) is 68.3.